The van der Waals surface area contributed by atoms with E-state index < -0.39 is 0 Å². The summed E-state index contributed by atoms with van der Waals surface area (Å²) in [4.78, 5) is 2.38. The maximum Gasteiger partial charge on any atom is 0.160 e. The van der Waals surface area contributed by atoms with Crippen molar-refractivity contribution in [1.29, 1.82) is 0 Å². The van der Waals surface area contributed by atoms with Gasteiger partial charge in [0.2, 0.25) is 0 Å². The zero-order valence-corrected chi connectivity index (χ0v) is 20.0. The minimum Gasteiger partial charge on any atom is -0.493 e. The normalized spacial score (nSPS) is 14.4. The number of aryl methyl sites for hydroxylation is 1. The van der Waals surface area contributed by atoms with Gasteiger partial charge in [0, 0.05) is 18.7 Å². The Bertz CT molecular complexity index is 915. The van der Waals surface area contributed by atoms with E-state index in [0.29, 0.717) is 12.6 Å². The molecule has 3 rings (SSSR count). The summed E-state index contributed by atoms with van der Waals surface area (Å²) in [5.74, 6) is 3.15. The first kappa shape index (κ1) is 23.2. The lowest BCUT2D eigenvalue weighted by molar-refractivity contribution is 0.0946. The molecule has 0 saturated heterocycles. The minimum atomic E-state index is 0.489. The molecular formula is C27H37NO3. The number of hydrogen-bond donors (Lipinski definition) is 0. The Hall–Kier alpha value is -2.46. The quantitative estimate of drug-likeness (QED) is 0.446. The van der Waals surface area contributed by atoms with Gasteiger partial charge in [0.15, 0.2) is 11.5 Å². The SMILES string of the molecule is COc1ccc(CCN2COc3c([C@@H](C)CCC=C(C)C)ccc(C)c3C2)cc1OC. The summed E-state index contributed by atoms with van der Waals surface area (Å²) < 4.78 is 17.1. The summed E-state index contributed by atoms with van der Waals surface area (Å²) >= 11 is 0. The monoisotopic (exact) mass is 423 g/mol. The molecule has 1 aliphatic rings. The van der Waals surface area contributed by atoms with Gasteiger partial charge in [-0.15, -0.1) is 0 Å². The molecule has 1 heterocycles. The molecule has 0 N–H and O–H groups in total. The summed E-state index contributed by atoms with van der Waals surface area (Å²) in [6, 6.07) is 10.7. The van der Waals surface area contributed by atoms with Crippen LogP contribution in [0, 0.1) is 6.92 Å². The van der Waals surface area contributed by atoms with Crippen molar-refractivity contribution >= 4 is 0 Å². The van der Waals surface area contributed by atoms with E-state index >= 15 is 0 Å². The molecule has 31 heavy (non-hydrogen) atoms. The lowest BCUT2D eigenvalue weighted by Crippen LogP contribution is -2.34. The third-order valence-corrected chi connectivity index (χ3v) is 6.15. The van der Waals surface area contributed by atoms with E-state index in [-0.39, 0.29) is 0 Å². The molecule has 0 fully saturated rings. The van der Waals surface area contributed by atoms with E-state index in [1.807, 2.05) is 6.07 Å². The van der Waals surface area contributed by atoms with Crippen LogP contribution in [0.3, 0.4) is 0 Å². The minimum absolute atomic E-state index is 0.489. The molecule has 1 aliphatic heterocycles. The molecule has 0 spiro atoms. The average Bonchev–Trinajstić information content (AvgIpc) is 2.77. The predicted molar refractivity (Wildman–Crippen MR) is 127 cm³/mol. The number of hydrogen-bond acceptors (Lipinski definition) is 4. The van der Waals surface area contributed by atoms with E-state index in [0.717, 1.165) is 49.6 Å². The number of allylic oxidation sites excluding steroid dienone is 2. The highest BCUT2D eigenvalue weighted by molar-refractivity contribution is 5.48. The zero-order chi connectivity index (χ0) is 22.4. The van der Waals surface area contributed by atoms with Crippen LogP contribution in [0.2, 0.25) is 0 Å². The van der Waals surface area contributed by atoms with Crippen molar-refractivity contribution in [2.24, 2.45) is 0 Å². The van der Waals surface area contributed by atoms with Gasteiger partial charge in [0.25, 0.3) is 0 Å². The van der Waals surface area contributed by atoms with Crippen molar-refractivity contribution in [2.75, 3.05) is 27.5 Å². The second-order valence-corrected chi connectivity index (χ2v) is 8.80. The van der Waals surface area contributed by atoms with Crippen molar-refractivity contribution in [3.05, 3.63) is 64.2 Å². The van der Waals surface area contributed by atoms with Crippen LogP contribution in [0.15, 0.2) is 42.0 Å². The average molecular weight is 424 g/mol. The van der Waals surface area contributed by atoms with Crippen molar-refractivity contribution < 1.29 is 14.2 Å². The molecular weight excluding hydrogens is 386 g/mol. The van der Waals surface area contributed by atoms with E-state index in [1.165, 1.54) is 27.8 Å². The van der Waals surface area contributed by atoms with Gasteiger partial charge in [0.1, 0.15) is 12.5 Å². The molecule has 0 saturated carbocycles. The first-order valence-corrected chi connectivity index (χ1v) is 11.2. The predicted octanol–water partition coefficient (Wildman–Crippen LogP) is 6.26. The van der Waals surface area contributed by atoms with Gasteiger partial charge in [0.05, 0.1) is 14.2 Å². The fraction of sp³-hybridized carbons (Fsp3) is 0.481. The highest BCUT2D eigenvalue weighted by atomic mass is 16.5. The van der Waals surface area contributed by atoms with E-state index in [4.69, 9.17) is 14.2 Å². The first-order valence-electron chi connectivity index (χ1n) is 11.2. The Kier molecular flexibility index (Phi) is 8.03. The third kappa shape index (κ3) is 5.82. The molecule has 0 amide bonds. The Balaban J connectivity index is 1.67. The molecule has 4 heteroatoms. The summed E-state index contributed by atoms with van der Waals surface area (Å²) in [5, 5.41) is 0. The molecule has 4 nitrogen and oxygen atoms in total. The van der Waals surface area contributed by atoms with Crippen LogP contribution < -0.4 is 14.2 Å². The smallest absolute Gasteiger partial charge is 0.160 e. The second-order valence-electron chi connectivity index (χ2n) is 8.80. The number of rotatable bonds is 9. The number of benzene rings is 2. The van der Waals surface area contributed by atoms with Gasteiger partial charge in [-0.3, -0.25) is 4.90 Å². The zero-order valence-electron chi connectivity index (χ0n) is 20.0. The van der Waals surface area contributed by atoms with Crippen LogP contribution in [0.4, 0.5) is 0 Å². The Morgan fingerprint density at radius 3 is 2.61 bits per heavy atom. The number of nitrogens with zero attached hydrogens (tertiary/aromatic N) is 1. The van der Waals surface area contributed by atoms with Crippen molar-refractivity contribution in [1.82, 2.24) is 4.90 Å². The summed E-state index contributed by atoms with van der Waals surface area (Å²) in [7, 11) is 3.34. The highest BCUT2D eigenvalue weighted by Crippen LogP contribution is 2.37. The van der Waals surface area contributed by atoms with Crippen LogP contribution in [0.25, 0.3) is 0 Å². The molecule has 0 unspecified atom stereocenters. The molecule has 2 aromatic carbocycles. The second kappa shape index (κ2) is 10.7. The van der Waals surface area contributed by atoms with Gasteiger partial charge in [-0.1, -0.05) is 36.8 Å². The van der Waals surface area contributed by atoms with Gasteiger partial charge in [-0.25, -0.2) is 0 Å². The summed E-state index contributed by atoms with van der Waals surface area (Å²) in [6.07, 6.45) is 5.53. The third-order valence-electron chi connectivity index (χ3n) is 6.15. The largest absolute Gasteiger partial charge is 0.493 e. The van der Waals surface area contributed by atoms with Crippen LogP contribution >= 0.6 is 0 Å². The van der Waals surface area contributed by atoms with Crippen LogP contribution in [0.5, 0.6) is 17.2 Å². The van der Waals surface area contributed by atoms with Crippen LogP contribution in [-0.4, -0.2) is 32.4 Å². The maximum absolute atomic E-state index is 6.33. The molecule has 0 aliphatic carbocycles. The van der Waals surface area contributed by atoms with E-state index in [1.54, 1.807) is 14.2 Å². The van der Waals surface area contributed by atoms with Crippen molar-refractivity contribution in [3.8, 4) is 17.2 Å². The molecule has 0 bridgehead atoms. The summed E-state index contributed by atoms with van der Waals surface area (Å²) in [5.41, 5.74) is 6.62. The van der Waals surface area contributed by atoms with Gasteiger partial charge in [-0.05, 0) is 74.8 Å². The molecule has 1 atom stereocenters. The number of fused-ring (bicyclic) bond motifs is 1. The van der Waals surface area contributed by atoms with E-state index in [9.17, 15) is 0 Å². The van der Waals surface area contributed by atoms with Crippen molar-refractivity contribution in [3.63, 3.8) is 0 Å². The Morgan fingerprint density at radius 1 is 1.13 bits per heavy atom. The first-order chi connectivity index (χ1) is 14.9. The van der Waals surface area contributed by atoms with Crippen molar-refractivity contribution in [2.45, 2.75) is 59.4 Å². The fourth-order valence-corrected chi connectivity index (χ4v) is 4.17. The topological polar surface area (TPSA) is 30.9 Å². The van der Waals surface area contributed by atoms with Gasteiger partial charge >= 0.3 is 0 Å². The molecule has 0 radical (unpaired) electrons. The lowest BCUT2D eigenvalue weighted by Gasteiger charge is -2.32. The fourth-order valence-electron chi connectivity index (χ4n) is 4.17. The molecule has 2 aromatic rings. The van der Waals surface area contributed by atoms with Crippen LogP contribution in [0.1, 0.15) is 61.8 Å². The van der Waals surface area contributed by atoms with Crippen LogP contribution in [-0.2, 0) is 13.0 Å². The van der Waals surface area contributed by atoms with E-state index in [2.05, 4.69) is 62.9 Å². The Morgan fingerprint density at radius 2 is 1.90 bits per heavy atom. The molecule has 0 aromatic heterocycles. The standard InChI is InChI=1S/C27H37NO3/c1-19(2)8-7-9-20(3)23-12-10-21(4)24-17-28(18-31-27(23)24)15-14-22-11-13-25(29-5)26(16-22)30-6/h8,10-13,16,20H,7,9,14-15,17-18H2,1-6H3/t20-/m0/s1. The number of methoxy groups -OCH3 is 2. The number of ether oxygens (including phenoxy) is 3. The van der Waals surface area contributed by atoms with Gasteiger partial charge in [-0.2, -0.15) is 0 Å². The Labute approximate surface area is 187 Å². The maximum atomic E-state index is 6.33. The molecule has 168 valence electrons. The highest BCUT2D eigenvalue weighted by Gasteiger charge is 2.24. The lowest BCUT2D eigenvalue weighted by atomic mass is 9.91. The van der Waals surface area contributed by atoms with Gasteiger partial charge < -0.3 is 14.2 Å². The summed E-state index contributed by atoms with van der Waals surface area (Å²) in [6.45, 7) is 11.3.